The SMILES string of the molecule is COC(=O)c1ccc([C@@H]2Nc3ccc(C)cc3[C@@H]3NCCC[C@H]23)cc1. The lowest BCUT2D eigenvalue weighted by atomic mass is 9.75. The highest BCUT2D eigenvalue weighted by Crippen LogP contribution is 2.46. The molecule has 3 atom stereocenters. The molecule has 25 heavy (non-hydrogen) atoms. The summed E-state index contributed by atoms with van der Waals surface area (Å²) in [5, 5.41) is 7.47. The number of carbonyl (C=O) groups is 1. The Bertz CT molecular complexity index is 785. The fourth-order valence-electron chi connectivity index (χ4n) is 4.23. The summed E-state index contributed by atoms with van der Waals surface area (Å²) in [7, 11) is 1.41. The Morgan fingerprint density at radius 2 is 1.92 bits per heavy atom. The van der Waals surface area contributed by atoms with Gasteiger partial charge in [-0.1, -0.05) is 29.8 Å². The van der Waals surface area contributed by atoms with Gasteiger partial charge in [-0.05, 0) is 55.6 Å². The monoisotopic (exact) mass is 336 g/mol. The van der Waals surface area contributed by atoms with Crippen molar-refractivity contribution in [2.45, 2.75) is 31.8 Å². The van der Waals surface area contributed by atoms with E-state index in [4.69, 9.17) is 4.74 Å². The van der Waals surface area contributed by atoms with Crippen molar-refractivity contribution in [1.82, 2.24) is 5.32 Å². The second-order valence-electron chi connectivity index (χ2n) is 7.06. The maximum Gasteiger partial charge on any atom is 0.337 e. The molecule has 0 aliphatic carbocycles. The summed E-state index contributed by atoms with van der Waals surface area (Å²) in [6.07, 6.45) is 2.39. The van der Waals surface area contributed by atoms with Gasteiger partial charge >= 0.3 is 5.97 Å². The number of carbonyl (C=O) groups excluding carboxylic acids is 1. The average molecular weight is 336 g/mol. The number of esters is 1. The van der Waals surface area contributed by atoms with Crippen LogP contribution in [0.4, 0.5) is 5.69 Å². The van der Waals surface area contributed by atoms with Gasteiger partial charge in [0.25, 0.3) is 0 Å². The average Bonchev–Trinajstić information content (AvgIpc) is 2.67. The van der Waals surface area contributed by atoms with Crippen molar-refractivity contribution in [2.24, 2.45) is 5.92 Å². The zero-order valence-electron chi connectivity index (χ0n) is 14.7. The molecule has 0 spiro atoms. The van der Waals surface area contributed by atoms with Gasteiger partial charge in [0.05, 0.1) is 18.7 Å². The standard InChI is InChI=1S/C21H24N2O2/c1-13-5-10-18-17(12-13)20-16(4-3-11-22-20)19(23-18)14-6-8-15(9-7-14)21(24)25-2/h5-10,12,16,19-20,22-23H,3-4,11H2,1-2H3/t16-,19+,20-/m1/s1. The van der Waals surface area contributed by atoms with Gasteiger partial charge in [-0.3, -0.25) is 0 Å². The quantitative estimate of drug-likeness (QED) is 0.814. The van der Waals surface area contributed by atoms with Crippen molar-refractivity contribution >= 4 is 11.7 Å². The third-order valence-electron chi connectivity index (χ3n) is 5.48. The van der Waals surface area contributed by atoms with Crippen LogP contribution < -0.4 is 10.6 Å². The van der Waals surface area contributed by atoms with Crippen LogP contribution in [0.15, 0.2) is 42.5 Å². The van der Waals surface area contributed by atoms with E-state index in [1.54, 1.807) is 0 Å². The van der Waals surface area contributed by atoms with E-state index in [9.17, 15) is 4.79 Å². The van der Waals surface area contributed by atoms with Crippen molar-refractivity contribution in [2.75, 3.05) is 19.0 Å². The summed E-state index contributed by atoms with van der Waals surface area (Å²) >= 11 is 0. The van der Waals surface area contributed by atoms with Crippen LogP contribution in [0.5, 0.6) is 0 Å². The Hall–Kier alpha value is -2.33. The number of rotatable bonds is 2. The molecule has 130 valence electrons. The number of hydrogen-bond acceptors (Lipinski definition) is 4. The van der Waals surface area contributed by atoms with Gasteiger partial charge in [-0.25, -0.2) is 4.79 Å². The normalized spacial score (nSPS) is 24.6. The van der Waals surface area contributed by atoms with Crippen molar-refractivity contribution in [3.63, 3.8) is 0 Å². The van der Waals surface area contributed by atoms with Crippen molar-refractivity contribution in [3.05, 3.63) is 64.7 Å². The molecule has 0 amide bonds. The molecule has 2 heterocycles. The zero-order valence-corrected chi connectivity index (χ0v) is 14.7. The minimum atomic E-state index is -0.291. The molecule has 0 bridgehead atoms. The summed E-state index contributed by atoms with van der Waals surface area (Å²) in [4.78, 5) is 11.7. The number of piperidine rings is 1. The fourth-order valence-corrected chi connectivity index (χ4v) is 4.23. The second kappa shape index (κ2) is 6.52. The Kier molecular flexibility index (Phi) is 4.22. The van der Waals surface area contributed by atoms with Crippen LogP contribution in [0.2, 0.25) is 0 Å². The number of benzene rings is 2. The lowest BCUT2D eigenvalue weighted by molar-refractivity contribution is 0.0600. The van der Waals surface area contributed by atoms with E-state index in [2.05, 4.69) is 47.9 Å². The number of ether oxygens (including phenoxy) is 1. The molecule has 0 radical (unpaired) electrons. The second-order valence-corrected chi connectivity index (χ2v) is 7.06. The molecule has 2 aromatic carbocycles. The van der Waals surface area contributed by atoms with Crippen molar-refractivity contribution < 1.29 is 9.53 Å². The van der Waals surface area contributed by atoms with E-state index >= 15 is 0 Å². The molecule has 4 heteroatoms. The third-order valence-corrected chi connectivity index (χ3v) is 5.48. The maximum atomic E-state index is 11.7. The van der Waals surface area contributed by atoms with Gasteiger partial charge in [0.2, 0.25) is 0 Å². The number of nitrogens with one attached hydrogen (secondary N) is 2. The van der Waals surface area contributed by atoms with E-state index in [0.717, 1.165) is 6.54 Å². The van der Waals surface area contributed by atoms with Gasteiger partial charge in [0.15, 0.2) is 0 Å². The van der Waals surface area contributed by atoms with Crippen LogP contribution in [-0.4, -0.2) is 19.6 Å². The first-order valence-corrected chi connectivity index (χ1v) is 8.96. The highest BCUT2D eigenvalue weighted by molar-refractivity contribution is 5.89. The molecule has 2 aromatic rings. The minimum absolute atomic E-state index is 0.250. The molecular weight excluding hydrogens is 312 g/mol. The molecule has 2 aliphatic heterocycles. The molecule has 2 N–H and O–H groups in total. The lowest BCUT2D eigenvalue weighted by Crippen LogP contribution is -2.42. The third kappa shape index (κ3) is 2.91. The van der Waals surface area contributed by atoms with Crippen molar-refractivity contribution in [1.29, 1.82) is 0 Å². The molecule has 4 nitrogen and oxygen atoms in total. The highest BCUT2D eigenvalue weighted by Gasteiger charge is 2.38. The first-order valence-electron chi connectivity index (χ1n) is 8.96. The summed E-state index contributed by atoms with van der Waals surface area (Å²) < 4.78 is 4.80. The van der Waals surface area contributed by atoms with E-state index in [0.29, 0.717) is 17.5 Å². The Morgan fingerprint density at radius 1 is 1.12 bits per heavy atom. The van der Waals surface area contributed by atoms with Crippen LogP contribution in [0, 0.1) is 12.8 Å². The predicted molar refractivity (Wildman–Crippen MR) is 98.8 cm³/mol. The smallest absolute Gasteiger partial charge is 0.337 e. The van der Waals surface area contributed by atoms with Crippen LogP contribution in [0.25, 0.3) is 0 Å². The largest absolute Gasteiger partial charge is 0.465 e. The number of hydrogen-bond donors (Lipinski definition) is 2. The first kappa shape index (κ1) is 16.2. The highest BCUT2D eigenvalue weighted by atomic mass is 16.5. The van der Waals surface area contributed by atoms with E-state index < -0.39 is 0 Å². The van der Waals surface area contributed by atoms with Crippen LogP contribution in [-0.2, 0) is 4.74 Å². The molecule has 0 aromatic heterocycles. The summed E-state index contributed by atoms with van der Waals surface area (Å²) in [5.41, 5.74) is 5.71. The molecule has 4 rings (SSSR count). The van der Waals surface area contributed by atoms with Gasteiger partial charge < -0.3 is 15.4 Å². The molecular formula is C21H24N2O2. The van der Waals surface area contributed by atoms with Crippen molar-refractivity contribution in [3.8, 4) is 0 Å². The lowest BCUT2D eigenvalue weighted by Gasteiger charge is -2.44. The summed E-state index contributed by atoms with van der Waals surface area (Å²) in [6.45, 7) is 3.22. The number of aryl methyl sites for hydroxylation is 1. The summed E-state index contributed by atoms with van der Waals surface area (Å²) in [5.74, 6) is 0.216. The van der Waals surface area contributed by atoms with Crippen LogP contribution in [0.1, 0.15) is 52.0 Å². The van der Waals surface area contributed by atoms with Gasteiger partial charge in [-0.2, -0.15) is 0 Å². The molecule has 1 fully saturated rings. The predicted octanol–water partition coefficient (Wildman–Crippen LogP) is 3.99. The van der Waals surface area contributed by atoms with E-state index in [1.807, 2.05) is 12.1 Å². The first-order chi connectivity index (χ1) is 12.2. The molecule has 1 saturated heterocycles. The maximum absolute atomic E-state index is 11.7. The number of methoxy groups -OCH3 is 1. The van der Waals surface area contributed by atoms with E-state index in [-0.39, 0.29) is 12.0 Å². The number of fused-ring (bicyclic) bond motifs is 3. The molecule has 0 saturated carbocycles. The van der Waals surface area contributed by atoms with Gasteiger partial charge in [0.1, 0.15) is 0 Å². The minimum Gasteiger partial charge on any atom is -0.465 e. The Balaban J connectivity index is 1.69. The van der Waals surface area contributed by atoms with Gasteiger partial charge in [0, 0.05) is 17.6 Å². The zero-order chi connectivity index (χ0) is 17.4. The molecule has 2 aliphatic rings. The molecule has 0 unspecified atom stereocenters. The Labute approximate surface area is 148 Å². The van der Waals surface area contributed by atoms with Gasteiger partial charge in [-0.15, -0.1) is 0 Å². The number of anilines is 1. The van der Waals surface area contributed by atoms with Crippen LogP contribution >= 0.6 is 0 Å². The van der Waals surface area contributed by atoms with E-state index in [1.165, 1.54) is 42.3 Å². The Morgan fingerprint density at radius 3 is 2.68 bits per heavy atom. The fraction of sp³-hybridized carbons (Fsp3) is 0.381. The summed E-state index contributed by atoms with van der Waals surface area (Å²) in [6, 6.07) is 15.1. The van der Waals surface area contributed by atoms with Crippen LogP contribution in [0.3, 0.4) is 0 Å². The topological polar surface area (TPSA) is 50.4 Å².